The van der Waals surface area contributed by atoms with Gasteiger partial charge < -0.3 is 0 Å². The van der Waals surface area contributed by atoms with E-state index >= 15 is 0 Å². The molecule has 0 aromatic heterocycles. The van der Waals surface area contributed by atoms with E-state index in [9.17, 15) is 8.42 Å². The van der Waals surface area contributed by atoms with Crippen LogP contribution >= 0.6 is 11.6 Å². The third-order valence-corrected chi connectivity index (χ3v) is 5.05. The van der Waals surface area contributed by atoms with Crippen LogP contribution in [0.15, 0.2) is 41.3 Å². The molecule has 5 heteroatoms. The molecule has 3 nitrogen and oxygen atoms in total. The molecule has 1 fully saturated rings. The molecule has 0 radical (unpaired) electrons. The fourth-order valence-corrected chi connectivity index (χ4v) is 3.37. The first kappa shape index (κ1) is 12.6. The third-order valence-electron chi connectivity index (χ3n) is 2.88. The van der Waals surface area contributed by atoms with E-state index in [4.69, 9.17) is 11.6 Å². The van der Waals surface area contributed by atoms with Crippen molar-refractivity contribution in [3.8, 4) is 0 Å². The Balaban J connectivity index is 2.24. The van der Waals surface area contributed by atoms with Gasteiger partial charge in [0, 0.05) is 18.1 Å². The first-order valence-electron chi connectivity index (χ1n) is 5.42. The maximum Gasteiger partial charge on any atom is 0.243 e. The highest BCUT2D eigenvalue weighted by molar-refractivity contribution is 7.89. The molecule has 0 bridgehead atoms. The molecule has 1 saturated heterocycles. The summed E-state index contributed by atoms with van der Waals surface area (Å²) in [5.41, 5.74) is 1.12. The topological polar surface area (TPSA) is 37.4 Å². The molecule has 0 atom stereocenters. The highest BCUT2D eigenvalue weighted by atomic mass is 35.5. The second kappa shape index (κ2) is 4.80. The number of rotatable bonds is 2. The summed E-state index contributed by atoms with van der Waals surface area (Å²) < 4.78 is 26.0. The Kier molecular flexibility index (Phi) is 3.56. The normalized spacial score (nSPS) is 18.3. The predicted molar refractivity (Wildman–Crippen MR) is 68.6 cm³/mol. The van der Waals surface area contributed by atoms with Crippen molar-refractivity contribution in [3.63, 3.8) is 0 Å². The van der Waals surface area contributed by atoms with Crippen molar-refractivity contribution < 1.29 is 8.42 Å². The number of benzene rings is 1. The van der Waals surface area contributed by atoms with Gasteiger partial charge in [-0.2, -0.15) is 4.31 Å². The number of sulfonamides is 1. The van der Waals surface area contributed by atoms with Crippen molar-refractivity contribution >= 4 is 21.6 Å². The Morgan fingerprint density at radius 1 is 1.12 bits per heavy atom. The van der Waals surface area contributed by atoms with Gasteiger partial charge in [-0.15, -0.1) is 0 Å². The van der Waals surface area contributed by atoms with Crippen molar-refractivity contribution in [1.29, 1.82) is 0 Å². The molecule has 2 rings (SSSR count). The van der Waals surface area contributed by atoms with Crippen LogP contribution in [0.5, 0.6) is 0 Å². The minimum Gasteiger partial charge on any atom is -0.207 e. The molecule has 1 aromatic carbocycles. The molecule has 0 spiro atoms. The SMILES string of the molecule is C=C1CCN(S(=O)(=O)c2ccc(Cl)cc2)CC1. The van der Waals surface area contributed by atoms with E-state index < -0.39 is 10.0 Å². The van der Waals surface area contributed by atoms with E-state index in [0.29, 0.717) is 23.0 Å². The zero-order valence-corrected chi connectivity index (χ0v) is 11.0. The summed E-state index contributed by atoms with van der Waals surface area (Å²) >= 11 is 5.75. The molecule has 0 saturated carbocycles. The van der Waals surface area contributed by atoms with Crippen LogP contribution in [0.2, 0.25) is 5.02 Å². The quantitative estimate of drug-likeness (QED) is 0.776. The monoisotopic (exact) mass is 271 g/mol. The lowest BCUT2D eigenvalue weighted by Crippen LogP contribution is -2.36. The van der Waals surface area contributed by atoms with E-state index in [1.165, 1.54) is 4.31 Å². The second-order valence-electron chi connectivity index (χ2n) is 4.11. The van der Waals surface area contributed by atoms with Crippen molar-refractivity contribution in [1.82, 2.24) is 4.31 Å². The molecule has 1 aliphatic rings. The van der Waals surface area contributed by atoms with Gasteiger partial charge in [0.05, 0.1) is 4.90 Å². The molecule has 1 aromatic rings. The van der Waals surface area contributed by atoms with Crippen molar-refractivity contribution in [2.75, 3.05) is 13.1 Å². The van der Waals surface area contributed by atoms with Crippen LogP contribution in [0.4, 0.5) is 0 Å². The molecule has 92 valence electrons. The molecular weight excluding hydrogens is 258 g/mol. The molecule has 1 aliphatic heterocycles. The van der Waals surface area contributed by atoms with Gasteiger partial charge in [-0.25, -0.2) is 8.42 Å². The highest BCUT2D eigenvalue weighted by Gasteiger charge is 2.26. The number of halogens is 1. The Morgan fingerprint density at radius 3 is 2.18 bits per heavy atom. The Morgan fingerprint density at radius 2 is 1.65 bits per heavy atom. The molecular formula is C12H14ClNO2S. The lowest BCUT2D eigenvalue weighted by atomic mass is 10.1. The van der Waals surface area contributed by atoms with Gasteiger partial charge in [-0.3, -0.25) is 0 Å². The first-order valence-corrected chi connectivity index (χ1v) is 7.24. The standard InChI is InChI=1S/C12H14ClNO2S/c1-10-6-8-14(9-7-10)17(15,16)12-4-2-11(13)3-5-12/h2-5H,1,6-9H2. The number of hydrogen-bond donors (Lipinski definition) is 0. The summed E-state index contributed by atoms with van der Waals surface area (Å²) in [6.07, 6.45) is 1.49. The molecule has 17 heavy (non-hydrogen) atoms. The number of nitrogens with zero attached hydrogens (tertiary/aromatic N) is 1. The van der Waals surface area contributed by atoms with Gasteiger partial charge in [0.15, 0.2) is 0 Å². The maximum absolute atomic E-state index is 12.3. The van der Waals surface area contributed by atoms with Crippen molar-refractivity contribution in [3.05, 3.63) is 41.4 Å². The van der Waals surface area contributed by atoms with E-state index in [1.807, 2.05) is 0 Å². The van der Waals surface area contributed by atoms with Crippen molar-refractivity contribution in [2.45, 2.75) is 17.7 Å². The summed E-state index contributed by atoms with van der Waals surface area (Å²) in [5.74, 6) is 0. The van der Waals surface area contributed by atoms with Crippen LogP contribution in [-0.4, -0.2) is 25.8 Å². The van der Waals surface area contributed by atoms with Gasteiger partial charge in [0.1, 0.15) is 0 Å². The zero-order valence-electron chi connectivity index (χ0n) is 9.39. The van der Waals surface area contributed by atoms with Crippen LogP contribution in [0, 0.1) is 0 Å². The summed E-state index contributed by atoms with van der Waals surface area (Å²) in [5, 5.41) is 0.538. The van der Waals surface area contributed by atoms with Gasteiger partial charge in [0.2, 0.25) is 10.0 Å². The minimum absolute atomic E-state index is 0.300. The van der Waals surface area contributed by atoms with E-state index in [-0.39, 0.29) is 0 Å². The van der Waals surface area contributed by atoms with Gasteiger partial charge in [0.25, 0.3) is 0 Å². The summed E-state index contributed by atoms with van der Waals surface area (Å²) in [6, 6.07) is 6.27. The zero-order chi connectivity index (χ0) is 12.5. The predicted octanol–water partition coefficient (Wildman–Crippen LogP) is 2.68. The van der Waals surface area contributed by atoms with E-state index in [1.54, 1.807) is 24.3 Å². The Bertz CT molecular complexity index is 512. The summed E-state index contributed by atoms with van der Waals surface area (Å²) in [7, 11) is -3.37. The maximum atomic E-state index is 12.3. The van der Waals surface area contributed by atoms with Gasteiger partial charge >= 0.3 is 0 Å². The lowest BCUT2D eigenvalue weighted by molar-refractivity contribution is 0.387. The Labute approximate surface area is 107 Å². The molecule has 0 amide bonds. The molecule has 1 heterocycles. The third kappa shape index (κ3) is 2.70. The van der Waals surface area contributed by atoms with E-state index in [0.717, 1.165) is 18.4 Å². The van der Waals surface area contributed by atoms with E-state index in [2.05, 4.69) is 6.58 Å². The number of hydrogen-bond acceptors (Lipinski definition) is 2. The first-order chi connectivity index (χ1) is 8.00. The Hall–Kier alpha value is -0.840. The fourth-order valence-electron chi connectivity index (χ4n) is 1.80. The van der Waals surface area contributed by atoms with Crippen molar-refractivity contribution in [2.24, 2.45) is 0 Å². The average molecular weight is 272 g/mol. The average Bonchev–Trinajstić information content (AvgIpc) is 2.30. The fraction of sp³-hybridized carbons (Fsp3) is 0.333. The number of piperidine rings is 1. The van der Waals surface area contributed by atoms with Crippen LogP contribution in [-0.2, 0) is 10.0 Å². The lowest BCUT2D eigenvalue weighted by Gasteiger charge is -2.27. The van der Waals surface area contributed by atoms with Crippen LogP contribution in [0.3, 0.4) is 0 Å². The van der Waals surface area contributed by atoms with Gasteiger partial charge in [-0.1, -0.05) is 23.8 Å². The molecule has 0 N–H and O–H groups in total. The van der Waals surface area contributed by atoms with Crippen LogP contribution in [0.1, 0.15) is 12.8 Å². The summed E-state index contributed by atoms with van der Waals surface area (Å²) in [6.45, 7) is 4.91. The molecule has 0 unspecified atom stereocenters. The summed E-state index contributed by atoms with van der Waals surface area (Å²) in [4.78, 5) is 0.300. The largest absolute Gasteiger partial charge is 0.243 e. The smallest absolute Gasteiger partial charge is 0.207 e. The van der Waals surface area contributed by atoms with Crippen LogP contribution in [0.25, 0.3) is 0 Å². The van der Waals surface area contributed by atoms with Crippen LogP contribution < -0.4 is 0 Å². The highest BCUT2D eigenvalue weighted by Crippen LogP contribution is 2.23. The second-order valence-corrected chi connectivity index (χ2v) is 6.48. The minimum atomic E-state index is -3.37. The molecule has 0 aliphatic carbocycles. The van der Waals surface area contributed by atoms with Gasteiger partial charge in [-0.05, 0) is 37.1 Å².